The molecule has 0 aliphatic heterocycles. The summed E-state index contributed by atoms with van der Waals surface area (Å²) in [5, 5.41) is 3.02. The average Bonchev–Trinajstić information content (AvgIpc) is 2.79. The van der Waals surface area contributed by atoms with Crippen LogP contribution in [0.1, 0.15) is 52.0 Å². The minimum atomic E-state index is -0.478. The Hall–Kier alpha value is -2.30. The Morgan fingerprint density at radius 1 is 1.42 bits per heavy atom. The number of carbonyl (C=O) groups excluding carboxylic acids is 1. The van der Waals surface area contributed by atoms with E-state index in [1.54, 1.807) is 0 Å². The van der Waals surface area contributed by atoms with Crippen LogP contribution in [0.5, 0.6) is 0 Å². The normalized spacial score (nSPS) is 18.8. The summed E-state index contributed by atoms with van der Waals surface area (Å²) in [6, 6.07) is 4.04. The molecule has 24 heavy (non-hydrogen) atoms. The van der Waals surface area contributed by atoms with E-state index in [0.717, 1.165) is 42.3 Å². The van der Waals surface area contributed by atoms with Gasteiger partial charge in [0.1, 0.15) is 5.60 Å². The number of allylic oxidation sites excluding steroid dienone is 1. The number of aromatic nitrogens is 2. The number of rotatable bonds is 2. The highest BCUT2D eigenvalue weighted by molar-refractivity contribution is 5.89. The average molecular weight is 327 g/mol. The van der Waals surface area contributed by atoms with Crippen molar-refractivity contribution in [1.29, 1.82) is 0 Å². The van der Waals surface area contributed by atoms with Gasteiger partial charge in [-0.15, -0.1) is 0 Å². The number of nitrogens with zero attached hydrogens (tertiary/aromatic N) is 1. The summed E-state index contributed by atoms with van der Waals surface area (Å²) < 4.78 is 5.39. The maximum Gasteiger partial charge on any atom is 0.407 e. The van der Waals surface area contributed by atoms with Crippen molar-refractivity contribution in [3.63, 3.8) is 0 Å². The molecular weight excluding hydrogens is 302 g/mol. The fourth-order valence-corrected chi connectivity index (χ4v) is 3.11. The first-order chi connectivity index (χ1) is 11.4. The maximum atomic E-state index is 12.1. The van der Waals surface area contributed by atoms with E-state index < -0.39 is 5.60 Å². The smallest absolute Gasteiger partial charge is 0.407 e. The van der Waals surface area contributed by atoms with E-state index >= 15 is 0 Å². The van der Waals surface area contributed by atoms with Crippen LogP contribution in [0.3, 0.4) is 0 Å². The molecule has 0 saturated heterocycles. The summed E-state index contributed by atoms with van der Waals surface area (Å²) in [4.78, 5) is 19.8. The second kappa shape index (κ2) is 6.67. The fraction of sp³-hybridized carbons (Fsp3) is 0.474. The fourth-order valence-electron chi connectivity index (χ4n) is 3.11. The Kier molecular flexibility index (Phi) is 4.60. The molecule has 5 nitrogen and oxygen atoms in total. The molecule has 1 aliphatic carbocycles. The number of carbonyl (C=O) groups is 1. The lowest BCUT2D eigenvalue weighted by atomic mass is 10.00. The minimum absolute atomic E-state index is 0.0854. The second-order valence-corrected chi connectivity index (χ2v) is 7.31. The van der Waals surface area contributed by atoms with Crippen molar-refractivity contribution < 1.29 is 9.53 Å². The van der Waals surface area contributed by atoms with Crippen LogP contribution >= 0.6 is 0 Å². The molecule has 128 valence electrons. The van der Waals surface area contributed by atoms with Crippen LogP contribution in [0.25, 0.3) is 16.6 Å². The molecule has 2 aromatic rings. The first-order valence-electron chi connectivity index (χ1n) is 8.53. The number of aromatic amines is 1. The third kappa shape index (κ3) is 3.96. The van der Waals surface area contributed by atoms with Crippen molar-refractivity contribution >= 4 is 22.7 Å². The summed E-state index contributed by atoms with van der Waals surface area (Å²) in [6.45, 7) is 5.63. The zero-order chi connectivity index (χ0) is 17.2. The molecule has 2 heterocycles. The highest BCUT2D eigenvalue weighted by Crippen LogP contribution is 2.30. The molecule has 0 bridgehead atoms. The summed E-state index contributed by atoms with van der Waals surface area (Å²) in [5.74, 6) is 0. The highest BCUT2D eigenvalue weighted by Gasteiger charge is 2.22. The van der Waals surface area contributed by atoms with E-state index in [2.05, 4.69) is 21.4 Å². The molecule has 1 atom stereocenters. The van der Waals surface area contributed by atoms with Gasteiger partial charge in [-0.1, -0.05) is 6.08 Å². The molecule has 0 spiro atoms. The molecule has 0 fully saturated rings. The number of fused-ring (bicyclic) bond motifs is 1. The van der Waals surface area contributed by atoms with Gasteiger partial charge in [0.15, 0.2) is 0 Å². The molecule has 3 rings (SSSR count). The predicted molar refractivity (Wildman–Crippen MR) is 95.7 cm³/mol. The number of pyridine rings is 1. The Balaban J connectivity index is 1.75. The van der Waals surface area contributed by atoms with Gasteiger partial charge in [0, 0.05) is 24.0 Å². The Morgan fingerprint density at radius 3 is 3.04 bits per heavy atom. The second-order valence-electron chi connectivity index (χ2n) is 7.31. The van der Waals surface area contributed by atoms with E-state index in [-0.39, 0.29) is 12.1 Å². The lowest BCUT2D eigenvalue weighted by molar-refractivity contribution is 0.0503. The SMILES string of the molecule is CC(C)(C)OC(=O)NC1CCCC=C(c2c[nH]c3cccnc23)C1. The van der Waals surface area contributed by atoms with Gasteiger partial charge < -0.3 is 15.0 Å². The molecular formula is C19H25N3O2. The molecule has 2 aromatic heterocycles. The van der Waals surface area contributed by atoms with Crippen molar-refractivity contribution in [2.45, 2.75) is 58.1 Å². The van der Waals surface area contributed by atoms with Gasteiger partial charge in [0.2, 0.25) is 0 Å². The van der Waals surface area contributed by atoms with Gasteiger partial charge in [-0.25, -0.2) is 4.79 Å². The van der Waals surface area contributed by atoms with Gasteiger partial charge in [-0.05, 0) is 64.2 Å². The third-order valence-electron chi connectivity index (χ3n) is 4.12. The van der Waals surface area contributed by atoms with Crippen LogP contribution in [0.2, 0.25) is 0 Å². The maximum absolute atomic E-state index is 12.1. The van der Waals surface area contributed by atoms with Gasteiger partial charge in [-0.2, -0.15) is 0 Å². The molecule has 0 aromatic carbocycles. The summed E-state index contributed by atoms with van der Waals surface area (Å²) in [7, 11) is 0. The van der Waals surface area contributed by atoms with Gasteiger partial charge in [-0.3, -0.25) is 4.98 Å². The number of hydrogen-bond donors (Lipinski definition) is 2. The highest BCUT2D eigenvalue weighted by atomic mass is 16.6. The number of alkyl carbamates (subject to hydrolysis) is 1. The van der Waals surface area contributed by atoms with E-state index in [4.69, 9.17) is 4.74 Å². The van der Waals surface area contributed by atoms with Crippen LogP contribution in [-0.4, -0.2) is 27.7 Å². The Morgan fingerprint density at radius 2 is 2.25 bits per heavy atom. The predicted octanol–water partition coefficient (Wildman–Crippen LogP) is 4.41. The van der Waals surface area contributed by atoms with E-state index in [1.165, 1.54) is 5.57 Å². The van der Waals surface area contributed by atoms with Crippen LogP contribution in [0.4, 0.5) is 4.79 Å². The lowest BCUT2D eigenvalue weighted by Crippen LogP contribution is -2.39. The number of hydrogen-bond acceptors (Lipinski definition) is 3. The van der Waals surface area contributed by atoms with Crippen molar-refractivity contribution in [1.82, 2.24) is 15.3 Å². The Bertz CT molecular complexity index is 755. The van der Waals surface area contributed by atoms with Crippen LogP contribution in [0, 0.1) is 0 Å². The Labute approximate surface area is 142 Å². The number of nitrogens with one attached hydrogen (secondary N) is 2. The molecule has 2 N–H and O–H groups in total. The van der Waals surface area contributed by atoms with Gasteiger partial charge in [0.05, 0.1) is 11.0 Å². The molecule has 1 aliphatic rings. The summed E-state index contributed by atoms with van der Waals surface area (Å²) in [6.07, 6.45) is 9.57. The van der Waals surface area contributed by atoms with E-state index in [1.807, 2.05) is 45.3 Å². The monoisotopic (exact) mass is 327 g/mol. The van der Waals surface area contributed by atoms with Crippen LogP contribution in [0.15, 0.2) is 30.6 Å². The topological polar surface area (TPSA) is 67.0 Å². The summed E-state index contributed by atoms with van der Waals surface area (Å²) in [5.41, 5.74) is 3.91. The van der Waals surface area contributed by atoms with Crippen LogP contribution in [-0.2, 0) is 4.74 Å². The molecule has 0 saturated carbocycles. The first-order valence-corrected chi connectivity index (χ1v) is 8.53. The standard InChI is InChI=1S/C19H25N3O2/c1-19(2,3)24-18(23)22-14-8-5-4-7-13(11-14)15-12-21-16-9-6-10-20-17(15)16/h6-7,9-10,12,14,21H,4-5,8,11H2,1-3H3,(H,22,23). The van der Waals surface area contributed by atoms with Gasteiger partial charge in [0.25, 0.3) is 0 Å². The van der Waals surface area contributed by atoms with Crippen molar-refractivity contribution in [3.05, 3.63) is 36.2 Å². The number of ether oxygens (including phenoxy) is 1. The zero-order valence-electron chi connectivity index (χ0n) is 14.6. The lowest BCUT2D eigenvalue weighted by Gasteiger charge is -2.23. The molecule has 1 amide bonds. The minimum Gasteiger partial charge on any atom is -0.444 e. The molecule has 5 heteroatoms. The van der Waals surface area contributed by atoms with Crippen molar-refractivity contribution in [2.75, 3.05) is 0 Å². The molecule has 1 unspecified atom stereocenters. The first kappa shape index (κ1) is 16.6. The summed E-state index contributed by atoms with van der Waals surface area (Å²) >= 11 is 0. The zero-order valence-corrected chi connectivity index (χ0v) is 14.6. The number of H-pyrrole nitrogens is 1. The van der Waals surface area contributed by atoms with Crippen molar-refractivity contribution in [2.24, 2.45) is 0 Å². The largest absolute Gasteiger partial charge is 0.444 e. The van der Waals surface area contributed by atoms with E-state index in [0.29, 0.717) is 0 Å². The van der Waals surface area contributed by atoms with E-state index in [9.17, 15) is 4.79 Å². The third-order valence-corrected chi connectivity index (χ3v) is 4.12. The van der Waals surface area contributed by atoms with Crippen LogP contribution < -0.4 is 5.32 Å². The number of amides is 1. The molecule has 0 radical (unpaired) electrons. The quantitative estimate of drug-likeness (QED) is 0.858. The van der Waals surface area contributed by atoms with Gasteiger partial charge >= 0.3 is 6.09 Å². The van der Waals surface area contributed by atoms with Crippen molar-refractivity contribution in [3.8, 4) is 0 Å².